The summed E-state index contributed by atoms with van der Waals surface area (Å²) in [6.45, 7) is 7.90. The van der Waals surface area contributed by atoms with E-state index in [0.29, 0.717) is 17.1 Å². The Morgan fingerprint density at radius 2 is 2.12 bits per heavy atom. The van der Waals surface area contributed by atoms with Gasteiger partial charge >= 0.3 is 0 Å². The molecular weight excluding hydrogens is 216 g/mol. The predicted octanol–water partition coefficient (Wildman–Crippen LogP) is 1.62. The number of nitrogen functional groups attached to an aromatic ring is 1. The number of nitrogens with two attached hydrogens (primary N) is 1. The minimum atomic E-state index is -0.226. The van der Waals surface area contributed by atoms with E-state index in [1.54, 1.807) is 14.0 Å². The molecule has 0 aliphatic carbocycles. The molecule has 17 heavy (non-hydrogen) atoms. The molecule has 1 rings (SSSR count). The third-order valence-corrected chi connectivity index (χ3v) is 2.81. The van der Waals surface area contributed by atoms with Crippen LogP contribution in [0.5, 0.6) is 0 Å². The number of carbonyl (C=O) groups excluding carboxylic acids is 1. The highest BCUT2D eigenvalue weighted by molar-refractivity contribution is 5.98. The number of amides is 1. The van der Waals surface area contributed by atoms with Crippen LogP contribution in [0.25, 0.3) is 0 Å². The van der Waals surface area contributed by atoms with E-state index in [-0.39, 0.29) is 11.4 Å². The zero-order valence-corrected chi connectivity index (χ0v) is 11.3. The topological polar surface area (TPSA) is 72.9 Å². The molecule has 5 heteroatoms. The van der Waals surface area contributed by atoms with Gasteiger partial charge in [0.05, 0.1) is 11.4 Å². The third-order valence-electron chi connectivity index (χ3n) is 2.81. The minimum Gasteiger partial charge on any atom is -0.395 e. The molecule has 1 heterocycles. The van der Waals surface area contributed by atoms with Crippen LogP contribution in [0.15, 0.2) is 0 Å². The number of rotatable bonds is 4. The summed E-state index contributed by atoms with van der Waals surface area (Å²) in [7, 11) is 1.73. The summed E-state index contributed by atoms with van der Waals surface area (Å²) in [5.74, 6) is -0.163. The Kier molecular flexibility index (Phi) is 3.80. The van der Waals surface area contributed by atoms with Crippen LogP contribution in [0, 0.1) is 6.92 Å². The lowest BCUT2D eigenvalue weighted by Crippen LogP contribution is -2.44. The molecule has 0 fully saturated rings. The first kappa shape index (κ1) is 13.5. The lowest BCUT2D eigenvalue weighted by molar-refractivity contribution is 0.0900. The normalized spacial score (nSPS) is 11.6. The monoisotopic (exact) mass is 238 g/mol. The Balaban J connectivity index is 2.91. The fourth-order valence-corrected chi connectivity index (χ4v) is 2.00. The van der Waals surface area contributed by atoms with Crippen molar-refractivity contribution in [2.24, 2.45) is 7.05 Å². The Hall–Kier alpha value is -1.52. The van der Waals surface area contributed by atoms with E-state index < -0.39 is 0 Å². The van der Waals surface area contributed by atoms with Crippen molar-refractivity contribution in [1.82, 2.24) is 15.1 Å². The molecule has 5 nitrogen and oxygen atoms in total. The fraction of sp³-hybridized carbons (Fsp3) is 0.667. The standard InChI is InChI=1S/C12H22N4O/c1-6-7-12(3,4)14-11(17)10-9(13)8(2)15-16(10)5/h6-7,13H2,1-5H3,(H,14,17). The second kappa shape index (κ2) is 4.77. The van der Waals surface area contributed by atoms with E-state index in [9.17, 15) is 4.79 Å². The summed E-state index contributed by atoms with van der Waals surface area (Å²) in [4.78, 5) is 12.1. The maximum absolute atomic E-state index is 12.1. The lowest BCUT2D eigenvalue weighted by Gasteiger charge is -2.25. The van der Waals surface area contributed by atoms with Crippen molar-refractivity contribution >= 4 is 11.6 Å². The average molecular weight is 238 g/mol. The number of hydrogen-bond donors (Lipinski definition) is 2. The summed E-state index contributed by atoms with van der Waals surface area (Å²) in [5.41, 5.74) is 7.21. The van der Waals surface area contributed by atoms with Gasteiger partial charge in [-0.3, -0.25) is 9.48 Å². The summed E-state index contributed by atoms with van der Waals surface area (Å²) >= 11 is 0. The van der Waals surface area contributed by atoms with Gasteiger partial charge in [0, 0.05) is 12.6 Å². The van der Waals surface area contributed by atoms with E-state index in [1.807, 2.05) is 13.8 Å². The smallest absolute Gasteiger partial charge is 0.272 e. The Bertz CT molecular complexity index is 420. The molecule has 0 saturated heterocycles. The van der Waals surface area contributed by atoms with Gasteiger partial charge in [-0.1, -0.05) is 13.3 Å². The first-order chi connectivity index (χ1) is 7.78. The highest BCUT2D eigenvalue weighted by Gasteiger charge is 2.24. The molecular formula is C12H22N4O. The maximum atomic E-state index is 12.1. The number of carbonyl (C=O) groups is 1. The second-order valence-corrected chi connectivity index (χ2v) is 5.06. The highest BCUT2D eigenvalue weighted by atomic mass is 16.2. The molecule has 0 aliphatic rings. The highest BCUT2D eigenvalue weighted by Crippen LogP contribution is 2.17. The molecule has 1 aromatic rings. The zero-order chi connectivity index (χ0) is 13.2. The largest absolute Gasteiger partial charge is 0.395 e. The first-order valence-electron chi connectivity index (χ1n) is 5.90. The van der Waals surface area contributed by atoms with E-state index in [0.717, 1.165) is 12.8 Å². The van der Waals surface area contributed by atoms with Crippen LogP contribution in [-0.4, -0.2) is 21.2 Å². The van der Waals surface area contributed by atoms with Crippen molar-refractivity contribution in [2.75, 3.05) is 5.73 Å². The molecule has 0 spiro atoms. The van der Waals surface area contributed by atoms with Crippen LogP contribution in [0.4, 0.5) is 5.69 Å². The van der Waals surface area contributed by atoms with Crippen LogP contribution in [0.2, 0.25) is 0 Å². The van der Waals surface area contributed by atoms with Crippen molar-refractivity contribution in [3.8, 4) is 0 Å². The minimum absolute atomic E-state index is 0.163. The van der Waals surface area contributed by atoms with E-state index in [4.69, 9.17) is 5.73 Å². The lowest BCUT2D eigenvalue weighted by atomic mass is 9.99. The second-order valence-electron chi connectivity index (χ2n) is 5.06. The number of nitrogens with zero attached hydrogens (tertiary/aromatic N) is 2. The van der Waals surface area contributed by atoms with E-state index in [1.165, 1.54) is 4.68 Å². The molecule has 1 amide bonds. The molecule has 0 atom stereocenters. The van der Waals surface area contributed by atoms with Gasteiger partial charge in [0.15, 0.2) is 0 Å². The Morgan fingerprint density at radius 3 is 2.53 bits per heavy atom. The summed E-state index contributed by atoms with van der Waals surface area (Å²) < 4.78 is 1.53. The van der Waals surface area contributed by atoms with Gasteiger partial charge in [-0.25, -0.2) is 0 Å². The number of hydrogen-bond acceptors (Lipinski definition) is 3. The summed E-state index contributed by atoms with van der Waals surface area (Å²) in [5, 5.41) is 7.13. The van der Waals surface area contributed by atoms with Crippen molar-refractivity contribution in [3.05, 3.63) is 11.4 Å². The molecule has 0 aromatic carbocycles. The molecule has 3 N–H and O–H groups in total. The summed E-state index contributed by atoms with van der Waals surface area (Å²) in [6.07, 6.45) is 1.95. The predicted molar refractivity (Wildman–Crippen MR) is 68.8 cm³/mol. The summed E-state index contributed by atoms with van der Waals surface area (Å²) in [6, 6.07) is 0. The SMILES string of the molecule is CCCC(C)(C)NC(=O)c1c(N)c(C)nn1C. The number of aryl methyl sites for hydroxylation is 2. The number of nitrogens with one attached hydrogen (secondary N) is 1. The Labute approximate surface area is 102 Å². The van der Waals surface area contributed by atoms with Crippen molar-refractivity contribution in [2.45, 2.75) is 46.1 Å². The van der Waals surface area contributed by atoms with Crippen molar-refractivity contribution < 1.29 is 4.79 Å². The van der Waals surface area contributed by atoms with Gasteiger partial charge in [-0.05, 0) is 27.2 Å². The first-order valence-corrected chi connectivity index (χ1v) is 5.90. The number of anilines is 1. The number of aromatic nitrogens is 2. The molecule has 0 radical (unpaired) electrons. The Morgan fingerprint density at radius 1 is 1.53 bits per heavy atom. The van der Waals surface area contributed by atoms with Gasteiger partial charge in [0.25, 0.3) is 5.91 Å². The van der Waals surface area contributed by atoms with Crippen LogP contribution in [0.3, 0.4) is 0 Å². The van der Waals surface area contributed by atoms with Crippen LogP contribution in [-0.2, 0) is 7.05 Å². The average Bonchev–Trinajstić information content (AvgIpc) is 2.39. The van der Waals surface area contributed by atoms with Gasteiger partial charge in [0.1, 0.15) is 5.69 Å². The van der Waals surface area contributed by atoms with E-state index >= 15 is 0 Å². The maximum Gasteiger partial charge on any atom is 0.272 e. The van der Waals surface area contributed by atoms with E-state index in [2.05, 4.69) is 17.3 Å². The molecule has 96 valence electrons. The van der Waals surface area contributed by atoms with Gasteiger partial charge in [0.2, 0.25) is 0 Å². The quantitative estimate of drug-likeness (QED) is 0.837. The fourth-order valence-electron chi connectivity index (χ4n) is 2.00. The van der Waals surface area contributed by atoms with Crippen molar-refractivity contribution in [3.63, 3.8) is 0 Å². The van der Waals surface area contributed by atoms with Gasteiger partial charge in [-0.2, -0.15) is 5.10 Å². The van der Waals surface area contributed by atoms with Gasteiger partial charge in [-0.15, -0.1) is 0 Å². The molecule has 1 aromatic heterocycles. The van der Waals surface area contributed by atoms with Crippen molar-refractivity contribution in [1.29, 1.82) is 0 Å². The van der Waals surface area contributed by atoms with Crippen LogP contribution >= 0.6 is 0 Å². The third kappa shape index (κ3) is 2.99. The molecule has 0 aliphatic heterocycles. The van der Waals surface area contributed by atoms with Gasteiger partial charge < -0.3 is 11.1 Å². The molecule has 0 bridgehead atoms. The molecule has 0 saturated carbocycles. The zero-order valence-electron chi connectivity index (χ0n) is 11.3. The van der Waals surface area contributed by atoms with Crippen LogP contribution in [0.1, 0.15) is 49.8 Å². The van der Waals surface area contributed by atoms with Crippen LogP contribution < -0.4 is 11.1 Å². The molecule has 0 unspecified atom stereocenters.